The molecular formula is C11H14FNO2. The van der Waals surface area contributed by atoms with Crippen LogP contribution in [-0.2, 0) is 0 Å². The van der Waals surface area contributed by atoms with Crippen molar-refractivity contribution in [1.29, 1.82) is 0 Å². The van der Waals surface area contributed by atoms with Crippen molar-refractivity contribution in [1.82, 2.24) is 5.32 Å². The van der Waals surface area contributed by atoms with Gasteiger partial charge in [0.15, 0.2) is 5.76 Å². The highest BCUT2D eigenvalue weighted by atomic mass is 19.1. The Balaban J connectivity index is 1.93. The summed E-state index contributed by atoms with van der Waals surface area (Å²) in [4.78, 5) is 11.5. The molecule has 2 atom stereocenters. The SMILES string of the molecule is O=C(N[C@@H]1CCCC[C@H]1F)c1ccco1. The molecule has 82 valence electrons. The maximum absolute atomic E-state index is 13.4. The molecule has 0 unspecified atom stereocenters. The van der Waals surface area contributed by atoms with Gasteiger partial charge in [-0.1, -0.05) is 12.8 Å². The van der Waals surface area contributed by atoms with Gasteiger partial charge in [0, 0.05) is 0 Å². The Hall–Kier alpha value is -1.32. The number of alkyl halides is 1. The van der Waals surface area contributed by atoms with Crippen molar-refractivity contribution >= 4 is 5.91 Å². The second-order valence-electron chi connectivity index (χ2n) is 3.86. The maximum atomic E-state index is 13.4. The van der Waals surface area contributed by atoms with E-state index in [9.17, 15) is 9.18 Å². The van der Waals surface area contributed by atoms with E-state index in [-0.39, 0.29) is 17.7 Å². The summed E-state index contributed by atoms with van der Waals surface area (Å²) in [6.45, 7) is 0. The molecule has 0 spiro atoms. The third kappa shape index (κ3) is 2.37. The van der Waals surface area contributed by atoms with E-state index in [1.165, 1.54) is 6.26 Å². The molecule has 0 radical (unpaired) electrons. The predicted molar refractivity (Wildman–Crippen MR) is 53.3 cm³/mol. The quantitative estimate of drug-likeness (QED) is 0.815. The van der Waals surface area contributed by atoms with E-state index in [0.717, 1.165) is 12.8 Å². The first-order chi connectivity index (χ1) is 7.27. The lowest BCUT2D eigenvalue weighted by Gasteiger charge is -2.26. The summed E-state index contributed by atoms with van der Waals surface area (Å²) in [7, 11) is 0. The topological polar surface area (TPSA) is 42.2 Å². The number of carbonyl (C=O) groups excluding carboxylic acids is 1. The fraction of sp³-hybridized carbons (Fsp3) is 0.545. The third-order valence-electron chi connectivity index (χ3n) is 2.74. The van der Waals surface area contributed by atoms with Crippen LogP contribution in [0.25, 0.3) is 0 Å². The molecule has 1 aromatic rings. The van der Waals surface area contributed by atoms with Crippen LogP contribution in [0.4, 0.5) is 4.39 Å². The van der Waals surface area contributed by atoms with Gasteiger partial charge in [-0.25, -0.2) is 4.39 Å². The van der Waals surface area contributed by atoms with Crippen LogP contribution in [0.2, 0.25) is 0 Å². The Morgan fingerprint density at radius 3 is 2.93 bits per heavy atom. The number of hydrogen-bond donors (Lipinski definition) is 1. The first kappa shape index (κ1) is 10.2. The average molecular weight is 211 g/mol. The highest BCUT2D eigenvalue weighted by Crippen LogP contribution is 2.21. The lowest BCUT2D eigenvalue weighted by atomic mass is 9.93. The zero-order chi connectivity index (χ0) is 10.7. The van der Waals surface area contributed by atoms with E-state index in [4.69, 9.17) is 4.42 Å². The minimum absolute atomic E-state index is 0.243. The largest absolute Gasteiger partial charge is 0.459 e. The van der Waals surface area contributed by atoms with Gasteiger partial charge in [-0.05, 0) is 25.0 Å². The number of rotatable bonds is 2. The van der Waals surface area contributed by atoms with Gasteiger partial charge in [0.05, 0.1) is 12.3 Å². The van der Waals surface area contributed by atoms with Gasteiger partial charge in [-0.2, -0.15) is 0 Å². The molecule has 0 aromatic carbocycles. The fourth-order valence-corrected chi connectivity index (χ4v) is 1.90. The minimum Gasteiger partial charge on any atom is -0.459 e. The van der Waals surface area contributed by atoms with Gasteiger partial charge < -0.3 is 9.73 Å². The van der Waals surface area contributed by atoms with Crippen molar-refractivity contribution in [2.45, 2.75) is 37.9 Å². The molecule has 1 aromatic heterocycles. The van der Waals surface area contributed by atoms with E-state index in [1.54, 1.807) is 12.1 Å². The van der Waals surface area contributed by atoms with Crippen molar-refractivity contribution in [2.75, 3.05) is 0 Å². The zero-order valence-electron chi connectivity index (χ0n) is 8.41. The Morgan fingerprint density at radius 2 is 2.27 bits per heavy atom. The summed E-state index contributed by atoms with van der Waals surface area (Å²) in [5, 5.41) is 2.66. The van der Waals surface area contributed by atoms with Crippen LogP contribution in [0.3, 0.4) is 0 Å². The molecule has 15 heavy (non-hydrogen) atoms. The summed E-state index contributed by atoms with van der Waals surface area (Å²) in [5.74, 6) is -0.0812. The number of carbonyl (C=O) groups is 1. The monoisotopic (exact) mass is 211 g/mol. The van der Waals surface area contributed by atoms with E-state index in [1.807, 2.05) is 0 Å². The van der Waals surface area contributed by atoms with Crippen molar-refractivity contribution in [3.05, 3.63) is 24.2 Å². The van der Waals surface area contributed by atoms with Crippen LogP contribution >= 0.6 is 0 Å². The molecule has 2 rings (SSSR count). The highest BCUT2D eigenvalue weighted by Gasteiger charge is 2.26. The van der Waals surface area contributed by atoms with Gasteiger partial charge in [0.1, 0.15) is 6.17 Å². The van der Waals surface area contributed by atoms with Crippen LogP contribution in [0, 0.1) is 0 Å². The van der Waals surface area contributed by atoms with Gasteiger partial charge >= 0.3 is 0 Å². The molecule has 0 aliphatic heterocycles. The lowest BCUT2D eigenvalue weighted by molar-refractivity contribution is 0.0856. The van der Waals surface area contributed by atoms with Gasteiger partial charge in [0.25, 0.3) is 5.91 Å². The number of furan rings is 1. The molecule has 1 aliphatic carbocycles. The van der Waals surface area contributed by atoms with Gasteiger partial charge in [-0.3, -0.25) is 4.79 Å². The van der Waals surface area contributed by atoms with E-state index in [2.05, 4.69) is 5.32 Å². The van der Waals surface area contributed by atoms with Crippen molar-refractivity contribution in [3.63, 3.8) is 0 Å². The van der Waals surface area contributed by atoms with Crippen LogP contribution in [0.15, 0.2) is 22.8 Å². The molecule has 1 fully saturated rings. The number of halogens is 1. The molecule has 1 heterocycles. The fourth-order valence-electron chi connectivity index (χ4n) is 1.90. The Morgan fingerprint density at radius 1 is 1.47 bits per heavy atom. The maximum Gasteiger partial charge on any atom is 0.287 e. The van der Waals surface area contributed by atoms with E-state index in [0.29, 0.717) is 12.8 Å². The second-order valence-corrected chi connectivity index (χ2v) is 3.86. The third-order valence-corrected chi connectivity index (χ3v) is 2.74. The van der Waals surface area contributed by atoms with Gasteiger partial charge in [-0.15, -0.1) is 0 Å². The first-order valence-electron chi connectivity index (χ1n) is 5.26. The molecule has 0 bridgehead atoms. The summed E-state index contributed by atoms with van der Waals surface area (Å²) in [5.41, 5.74) is 0. The summed E-state index contributed by atoms with van der Waals surface area (Å²) in [6.07, 6.45) is 3.66. The Kier molecular flexibility index (Phi) is 3.04. The molecule has 1 N–H and O–H groups in total. The number of amides is 1. The van der Waals surface area contributed by atoms with Crippen LogP contribution in [0.1, 0.15) is 36.2 Å². The molecule has 1 aliphatic rings. The lowest BCUT2D eigenvalue weighted by Crippen LogP contribution is -2.43. The van der Waals surface area contributed by atoms with E-state index >= 15 is 0 Å². The van der Waals surface area contributed by atoms with E-state index < -0.39 is 6.17 Å². The average Bonchev–Trinajstić information content (AvgIpc) is 2.74. The van der Waals surface area contributed by atoms with Crippen molar-refractivity contribution in [3.8, 4) is 0 Å². The second kappa shape index (κ2) is 4.47. The summed E-state index contributed by atoms with van der Waals surface area (Å²) >= 11 is 0. The molecule has 1 amide bonds. The molecule has 0 saturated heterocycles. The standard InChI is InChI=1S/C11H14FNO2/c12-8-4-1-2-5-9(8)13-11(14)10-6-3-7-15-10/h3,6-9H,1-2,4-5H2,(H,13,14)/t8-,9-/m1/s1. The summed E-state index contributed by atoms with van der Waals surface area (Å²) in [6, 6.07) is 2.87. The number of hydrogen-bond acceptors (Lipinski definition) is 2. The molecule has 3 nitrogen and oxygen atoms in total. The first-order valence-corrected chi connectivity index (χ1v) is 5.26. The minimum atomic E-state index is -0.919. The van der Waals surface area contributed by atoms with Crippen molar-refractivity contribution in [2.24, 2.45) is 0 Å². The predicted octanol–water partition coefficient (Wildman–Crippen LogP) is 2.29. The van der Waals surface area contributed by atoms with Gasteiger partial charge in [0.2, 0.25) is 0 Å². The smallest absolute Gasteiger partial charge is 0.287 e. The highest BCUT2D eigenvalue weighted by molar-refractivity contribution is 5.91. The van der Waals surface area contributed by atoms with Crippen LogP contribution < -0.4 is 5.32 Å². The van der Waals surface area contributed by atoms with Crippen molar-refractivity contribution < 1.29 is 13.6 Å². The molecule has 4 heteroatoms. The van der Waals surface area contributed by atoms with Crippen LogP contribution in [0.5, 0.6) is 0 Å². The van der Waals surface area contributed by atoms with Crippen LogP contribution in [-0.4, -0.2) is 18.1 Å². The molecule has 1 saturated carbocycles. The normalized spacial score (nSPS) is 26.2. The molecular weight excluding hydrogens is 197 g/mol. The number of nitrogens with one attached hydrogen (secondary N) is 1. The summed E-state index contributed by atoms with van der Waals surface area (Å²) < 4.78 is 18.3. The Bertz CT molecular complexity index is 323. The zero-order valence-corrected chi connectivity index (χ0v) is 8.41. The Labute approximate surface area is 87.7 Å².